The molecule has 0 spiro atoms. The summed E-state index contributed by atoms with van der Waals surface area (Å²) in [5, 5.41) is 32.9. The number of unbranched alkanes of at least 4 members (excludes halogenated alkanes) is 17. The first-order valence-corrected chi connectivity index (χ1v) is 17.3. The Morgan fingerprint density at radius 1 is 0.634 bits per heavy atom. The van der Waals surface area contributed by atoms with Gasteiger partial charge in [-0.1, -0.05) is 140 Å². The zero-order valence-corrected chi connectivity index (χ0v) is 26.9. The fourth-order valence-electron chi connectivity index (χ4n) is 4.95. The molecule has 0 rings (SSSR count). The SMILES string of the molecule is CCCCC/C=C\C/C=C\CCCCCCCC(O)CC(=O)NC(CO)C(O)/C=C/CCCCCCCCCCC. The van der Waals surface area contributed by atoms with Gasteiger partial charge in [-0.2, -0.15) is 0 Å². The molecule has 5 heteroatoms. The van der Waals surface area contributed by atoms with E-state index in [9.17, 15) is 20.1 Å². The fraction of sp³-hybridized carbons (Fsp3) is 0.806. The quantitative estimate of drug-likeness (QED) is 0.0507. The molecule has 0 saturated heterocycles. The monoisotopic (exact) mass is 578 g/mol. The number of amides is 1. The molecule has 0 saturated carbocycles. The Hall–Kier alpha value is -1.43. The molecule has 4 N–H and O–H groups in total. The van der Waals surface area contributed by atoms with Gasteiger partial charge in [-0.3, -0.25) is 4.79 Å². The van der Waals surface area contributed by atoms with Crippen LogP contribution in [0.3, 0.4) is 0 Å². The first kappa shape index (κ1) is 39.6. The van der Waals surface area contributed by atoms with Crippen molar-refractivity contribution in [2.45, 2.75) is 180 Å². The molecule has 3 atom stereocenters. The van der Waals surface area contributed by atoms with Gasteiger partial charge in [0.05, 0.1) is 31.3 Å². The minimum absolute atomic E-state index is 0.00320. The summed E-state index contributed by atoms with van der Waals surface area (Å²) in [6, 6.07) is -0.745. The van der Waals surface area contributed by atoms with E-state index in [0.29, 0.717) is 6.42 Å². The number of aliphatic hydroxyl groups excluding tert-OH is 3. The van der Waals surface area contributed by atoms with Gasteiger partial charge in [-0.05, 0) is 51.4 Å². The summed E-state index contributed by atoms with van der Waals surface area (Å²) in [6.45, 7) is 4.14. The maximum Gasteiger partial charge on any atom is 0.222 e. The standard InChI is InChI=1S/C36H67NO4/c1-3-5-7-9-11-13-15-16-17-18-20-21-23-25-27-29-33(39)31-36(41)37-34(32-38)35(40)30-28-26-24-22-19-14-12-10-8-6-4-2/h11,13,16-17,28,30,33-35,38-40H,3-10,12,14-15,18-27,29,31-32H2,1-2H3,(H,37,41)/b13-11-,17-16-,30-28+. The predicted molar refractivity (Wildman–Crippen MR) is 176 cm³/mol. The maximum atomic E-state index is 12.3. The van der Waals surface area contributed by atoms with Crippen molar-refractivity contribution in [1.82, 2.24) is 5.32 Å². The predicted octanol–water partition coefficient (Wildman–Crippen LogP) is 8.87. The molecule has 1 amide bonds. The van der Waals surface area contributed by atoms with Crippen LogP contribution in [0.4, 0.5) is 0 Å². The number of carbonyl (C=O) groups is 1. The third kappa shape index (κ3) is 28.5. The van der Waals surface area contributed by atoms with Crippen molar-refractivity contribution in [2.75, 3.05) is 6.61 Å². The van der Waals surface area contributed by atoms with Crippen LogP contribution in [0.25, 0.3) is 0 Å². The third-order valence-corrected chi connectivity index (χ3v) is 7.67. The van der Waals surface area contributed by atoms with Crippen molar-refractivity contribution in [1.29, 1.82) is 0 Å². The topological polar surface area (TPSA) is 89.8 Å². The Morgan fingerprint density at radius 2 is 1.10 bits per heavy atom. The van der Waals surface area contributed by atoms with E-state index in [0.717, 1.165) is 44.9 Å². The number of allylic oxidation sites excluding steroid dienone is 5. The highest BCUT2D eigenvalue weighted by molar-refractivity contribution is 5.76. The molecular formula is C36H67NO4. The van der Waals surface area contributed by atoms with E-state index in [-0.39, 0.29) is 18.9 Å². The average Bonchev–Trinajstić information content (AvgIpc) is 2.96. The smallest absolute Gasteiger partial charge is 0.222 e. The van der Waals surface area contributed by atoms with Gasteiger partial charge in [0.2, 0.25) is 5.91 Å². The highest BCUT2D eigenvalue weighted by Gasteiger charge is 2.20. The van der Waals surface area contributed by atoms with E-state index in [2.05, 4.69) is 43.5 Å². The van der Waals surface area contributed by atoms with Crippen LogP contribution >= 0.6 is 0 Å². The summed E-state index contributed by atoms with van der Waals surface area (Å²) in [7, 11) is 0. The lowest BCUT2D eigenvalue weighted by atomic mass is 10.0. The number of hydrogen-bond donors (Lipinski definition) is 4. The number of carbonyl (C=O) groups excluding carboxylic acids is 1. The minimum Gasteiger partial charge on any atom is -0.394 e. The molecule has 0 aliphatic heterocycles. The van der Waals surface area contributed by atoms with Crippen LogP contribution < -0.4 is 5.32 Å². The summed E-state index contributed by atoms with van der Waals surface area (Å²) < 4.78 is 0. The zero-order valence-electron chi connectivity index (χ0n) is 26.9. The molecule has 0 aliphatic rings. The van der Waals surface area contributed by atoms with Crippen molar-refractivity contribution in [3.05, 3.63) is 36.5 Å². The van der Waals surface area contributed by atoms with Crippen LogP contribution in [0.1, 0.15) is 162 Å². The highest BCUT2D eigenvalue weighted by atomic mass is 16.3. The van der Waals surface area contributed by atoms with Crippen molar-refractivity contribution in [3.63, 3.8) is 0 Å². The van der Waals surface area contributed by atoms with E-state index >= 15 is 0 Å². The van der Waals surface area contributed by atoms with E-state index in [1.807, 2.05) is 6.08 Å². The third-order valence-electron chi connectivity index (χ3n) is 7.67. The van der Waals surface area contributed by atoms with Crippen molar-refractivity contribution in [2.24, 2.45) is 0 Å². The van der Waals surface area contributed by atoms with E-state index in [1.54, 1.807) is 6.08 Å². The normalized spacial score (nSPS) is 14.4. The fourth-order valence-corrected chi connectivity index (χ4v) is 4.95. The van der Waals surface area contributed by atoms with Gasteiger partial charge in [0.15, 0.2) is 0 Å². The van der Waals surface area contributed by atoms with Crippen molar-refractivity contribution in [3.8, 4) is 0 Å². The minimum atomic E-state index is -0.929. The number of rotatable bonds is 30. The molecule has 3 unspecified atom stereocenters. The first-order valence-electron chi connectivity index (χ1n) is 17.3. The highest BCUT2D eigenvalue weighted by Crippen LogP contribution is 2.13. The first-order chi connectivity index (χ1) is 20.0. The van der Waals surface area contributed by atoms with Crippen LogP contribution in [0.5, 0.6) is 0 Å². The van der Waals surface area contributed by atoms with Gasteiger partial charge in [0, 0.05) is 0 Å². The van der Waals surface area contributed by atoms with E-state index in [1.165, 1.54) is 89.9 Å². The summed E-state index contributed by atoms with van der Waals surface area (Å²) in [5.74, 6) is -0.328. The van der Waals surface area contributed by atoms with Gasteiger partial charge in [0.25, 0.3) is 0 Å². The Labute approximate surface area is 254 Å². The molecule has 41 heavy (non-hydrogen) atoms. The second-order valence-corrected chi connectivity index (χ2v) is 11.8. The number of nitrogens with one attached hydrogen (secondary N) is 1. The van der Waals surface area contributed by atoms with Crippen LogP contribution in [0, 0.1) is 0 Å². The molecule has 0 aromatic rings. The van der Waals surface area contributed by atoms with E-state index < -0.39 is 18.2 Å². The maximum absolute atomic E-state index is 12.3. The lowest BCUT2D eigenvalue weighted by Gasteiger charge is -2.21. The average molecular weight is 578 g/mol. The van der Waals surface area contributed by atoms with Gasteiger partial charge in [-0.15, -0.1) is 0 Å². The Balaban J connectivity index is 3.80. The number of aliphatic hydroxyl groups is 3. The molecule has 0 aromatic carbocycles. The lowest BCUT2D eigenvalue weighted by molar-refractivity contribution is -0.124. The lowest BCUT2D eigenvalue weighted by Crippen LogP contribution is -2.45. The molecule has 5 nitrogen and oxygen atoms in total. The number of hydrogen-bond acceptors (Lipinski definition) is 4. The van der Waals surface area contributed by atoms with Gasteiger partial charge < -0.3 is 20.6 Å². The molecular weight excluding hydrogens is 510 g/mol. The second-order valence-electron chi connectivity index (χ2n) is 11.8. The largest absolute Gasteiger partial charge is 0.394 e. The Kier molecular flexibility index (Phi) is 30.4. The molecule has 0 fully saturated rings. The molecule has 0 aromatic heterocycles. The summed E-state index contributed by atoms with van der Waals surface area (Å²) >= 11 is 0. The van der Waals surface area contributed by atoms with Gasteiger partial charge in [-0.25, -0.2) is 0 Å². The van der Waals surface area contributed by atoms with Crippen molar-refractivity contribution < 1.29 is 20.1 Å². The summed E-state index contributed by atoms with van der Waals surface area (Å²) in [5.41, 5.74) is 0. The Bertz CT molecular complexity index is 645. The second kappa shape index (κ2) is 31.5. The summed E-state index contributed by atoms with van der Waals surface area (Å²) in [4.78, 5) is 12.3. The molecule has 0 heterocycles. The van der Waals surface area contributed by atoms with E-state index in [4.69, 9.17) is 0 Å². The zero-order chi connectivity index (χ0) is 30.2. The van der Waals surface area contributed by atoms with Crippen LogP contribution in [0.2, 0.25) is 0 Å². The molecule has 0 bridgehead atoms. The van der Waals surface area contributed by atoms with Crippen LogP contribution in [-0.4, -0.2) is 46.1 Å². The van der Waals surface area contributed by atoms with Crippen LogP contribution in [-0.2, 0) is 4.79 Å². The molecule has 0 radical (unpaired) electrons. The van der Waals surface area contributed by atoms with Crippen LogP contribution in [0.15, 0.2) is 36.5 Å². The Morgan fingerprint density at radius 3 is 1.66 bits per heavy atom. The molecule has 0 aliphatic carbocycles. The van der Waals surface area contributed by atoms with Gasteiger partial charge >= 0.3 is 0 Å². The molecule has 240 valence electrons. The summed E-state index contributed by atoms with van der Waals surface area (Å²) in [6.07, 6.45) is 36.9. The van der Waals surface area contributed by atoms with Gasteiger partial charge in [0.1, 0.15) is 0 Å². The van der Waals surface area contributed by atoms with Crippen molar-refractivity contribution >= 4 is 5.91 Å².